The number of carbonyl (C=O) groups excluding carboxylic acids is 2. The van der Waals surface area contributed by atoms with E-state index in [4.69, 9.17) is 4.74 Å². The number of rotatable bonds is 6. The van der Waals surface area contributed by atoms with E-state index in [0.717, 1.165) is 10.1 Å². The van der Waals surface area contributed by atoms with Crippen LogP contribution < -0.4 is 10.1 Å². The van der Waals surface area contributed by atoms with Crippen LogP contribution in [0.3, 0.4) is 0 Å². The molecule has 1 saturated heterocycles. The van der Waals surface area contributed by atoms with E-state index in [1.807, 2.05) is 31.2 Å². The molecule has 0 radical (unpaired) electrons. The molecule has 0 aliphatic carbocycles. The maximum Gasteiger partial charge on any atom is 0.433 e. The minimum atomic E-state index is -4.73. The lowest BCUT2D eigenvalue weighted by atomic mass is 10.0. The van der Waals surface area contributed by atoms with E-state index in [-0.39, 0.29) is 40.5 Å². The summed E-state index contributed by atoms with van der Waals surface area (Å²) in [6.07, 6.45) is -3.55. The van der Waals surface area contributed by atoms with Gasteiger partial charge in [-0.05, 0) is 62.7 Å². The van der Waals surface area contributed by atoms with Crippen LogP contribution in [-0.2, 0) is 11.0 Å². The molecular formula is C31H33F3N6O3. The zero-order chi connectivity index (χ0) is 31.1. The molecule has 226 valence electrons. The van der Waals surface area contributed by atoms with Gasteiger partial charge in [0.15, 0.2) is 11.3 Å². The molecule has 43 heavy (non-hydrogen) atoms. The molecular weight excluding hydrogens is 561 g/mol. The number of fused-ring (bicyclic) bond motifs is 1. The van der Waals surface area contributed by atoms with Gasteiger partial charge in [-0.2, -0.15) is 18.3 Å². The fraction of sp³-hybridized carbons (Fsp3) is 0.355. The molecule has 2 amide bonds. The van der Waals surface area contributed by atoms with Crippen LogP contribution in [0.2, 0.25) is 0 Å². The van der Waals surface area contributed by atoms with E-state index in [1.165, 1.54) is 27.2 Å². The number of hydrogen-bond donors (Lipinski definition) is 1. The summed E-state index contributed by atoms with van der Waals surface area (Å²) in [5.74, 6) is 0.00125. The standard InChI is InChI=1S/C31H33F3N6O3/c1-18-17-38(20(3)22-6-10-24(11-7-22)36-21(4)41)14-15-39(18)30(42)26-16-35-40-28(31(32,33)34)19(2)27(37-29(26)40)23-8-12-25(43-5)13-9-23/h6-13,16,18,20H,14-15,17H2,1-5H3,(H,36,41)/t18-,20+/m1/s1. The summed E-state index contributed by atoms with van der Waals surface area (Å²) in [5, 5.41) is 6.74. The number of nitrogens with one attached hydrogen (secondary N) is 1. The Bertz CT molecular complexity index is 1650. The monoisotopic (exact) mass is 594 g/mol. The summed E-state index contributed by atoms with van der Waals surface area (Å²) in [5.41, 5.74) is 1.17. The highest BCUT2D eigenvalue weighted by atomic mass is 19.4. The molecule has 2 atom stereocenters. The van der Waals surface area contributed by atoms with Crippen molar-refractivity contribution in [1.29, 1.82) is 0 Å². The number of anilines is 1. The molecule has 1 N–H and O–H groups in total. The molecule has 4 aromatic rings. The highest BCUT2D eigenvalue weighted by Gasteiger charge is 2.39. The molecule has 2 aromatic heterocycles. The minimum absolute atomic E-state index is 0.0159. The number of nitrogens with zero attached hydrogens (tertiary/aromatic N) is 5. The topological polar surface area (TPSA) is 92.1 Å². The number of alkyl halides is 3. The van der Waals surface area contributed by atoms with Crippen LogP contribution >= 0.6 is 0 Å². The smallest absolute Gasteiger partial charge is 0.433 e. The van der Waals surface area contributed by atoms with Gasteiger partial charge in [0.2, 0.25) is 5.91 Å². The molecule has 0 spiro atoms. The molecule has 1 fully saturated rings. The van der Waals surface area contributed by atoms with Crippen LogP contribution in [0.5, 0.6) is 5.75 Å². The third-order valence-corrected chi connectivity index (χ3v) is 7.93. The van der Waals surface area contributed by atoms with E-state index in [1.54, 1.807) is 29.2 Å². The van der Waals surface area contributed by atoms with E-state index >= 15 is 0 Å². The minimum Gasteiger partial charge on any atom is -0.497 e. The molecule has 0 unspecified atom stereocenters. The third-order valence-electron chi connectivity index (χ3n) is 7.93. The molecule has 1 aliphatic heterocycles. The van der Waals surface area contributed by atoms with E-state index in [0.29, 0.717) is 36.6 Å². The molecule has 0 saturated carbocycles. The Hall–Kier alpha value is -4.45. The van der Waals surface area contributed by atoms with Crippen molar-refractivity contribution < 1.29 is 27.5 Å². The van der Waals surface area contributed by atoms with Crippen molar-refractivity contribution in [2.24, 2.45) is 0 Å². The van der Waals surface area contributed by atoms with Gasteiger partial charge in [-0.3, -0.25) is 14.5 Å². The highest BCUT2D eigenvalue weighted by molar-refractivity contribution is 6.00. The normalized spacial score (nSPS) is 16.7. The van der Waals surface area contributed by atoms with Gasteiger partial charge in [-0.1, -0.05) is 12.1 Å². The Labute approximate surface area is 247 Å². The summed E-state index contributed by atoms with van der Waals surface area (Å²) in [6.45, 7) is 8.33. The number of methoxy groups -OCH3 is 1. The zero-order valence-corrected chi connectivity index (χ0v) is 24.6. The van der Waals surface area contributed by atoms with Crippen molar-refractivity contribution in [2.75, 3.05) is 32.1 Å². The van der Waals surface area contributed by atoms with E-state index in [2.05, 4.69) is 27.2 Å². The van der Waals surface area contributed by atoms with Crippen LogP contribution in [-0.4, -0.2) is 69.0 Å². The summed E-state index contributed by atoms with van der Waals surface area (Å²) in [6, 6.07) is 14.0. The molecule has 9 nitrogen and oxygen atoms in total. The second-order valence-corrected chi connectivity index (χ2v) is 10.8. The first kappa shape index (κ1) is 30.0. The van der Waals surface area contributed by atoms with Crippen LogP contribution in [0.25, 0.3) is 16.9 Å². The van der Waals surface area contributed by atoms with Crippen LogP contribution in [0, 0.1) is 6.92 Å². The van der Waals surface area contributed by atoms with Gasteiger partial charge in [0.1, 0.15) is 11.3 Å². The van der Waals surface area contributed by atoms with Gasteiger partial charge < -0.3 is 15.0 Å². The van der Waals surface area contributed by atoms with Crippen LogP contribution in [0.1, 0.15) is 54.0 Å². The lowest BCUT2D eigenvalue weighted by Crippen LogP contribution is -2.54. The summed E-state index contributed by atoms with van der Waals surface area (Å²) in [4.78, 5) is 33.6. The summed E-state index contributed by atoms with van der Waals surface area (Å²) >= 11 is 0. The lowest BCUT2D eigenvalue weighted by molar-refractivity contribution is -0.143. The molecule has 2 aromatic carbocycles. The molecule has 3 heterocycles. The Balaban J connectivity index is 1.42. The number of ether oxygens (including phenoxy) is 1. The van der Waals surface area contributed by atoms with Crippen molar-refractivity contribution in [3.8, 4) is 17.0 Å². The Morgan fingerprint density at radius 1 is 1.07 bits per heavy atom. The average molecular weight is 595 g/mol. The van der Waals surface area contributed by atoms with Crippen molar-refractivity contribution >= 4 is 23.1 Å². The molecule has 12 heteroatoms. The SMILES string of the molecule is COc1ccc(-c2nc3c(C(=O)N4CCN([C@@H](C)c5ccc(NC(C)=O)cc5)C[C@H]4C)cnn3c(C(F)(F)F)c2C)cc1. The number of benzene rings is 2. The molecule has 1 aliphatic rings. The van der Waals surface area contributed by atoms with Gasteiger partial charge in [0.25, 0.3) is 5.91 Å². The first-order valence-electron chi connectivity index (χ1n) is 13.9. The highest BCUT2D eigenvalue weighted by Crippen LogP contribution is 2.37. The fourth-order valence-electron chi connectivity index (χ4n) is 5.64. The second kappa shape index (κ2) is 11.7. The third kappa shape index (κ3) is 5.92. The quantitative estimate of drug-likeness (QED) is 0.313. The average Bonchev–Trinajstić information content (AvgIpc) is 3.38. The molecule has 5 rings (SSSR count). The lowest BCUT2D eigenvalue weighted by Gasteiger charge is -2.42. The Morgan fingerprint density at radius 2 is 1.74 bits per heavy atom. The van der Waals surface area contributed by atoms with Crippen LogP contribution in [0.4, 0.5) is 18.9 Å². The largest absolute Gasteiger partial charge is 0.497 e. The predicted molar refractivity (Wildman–Crippen MR) is 156 cm³/mol. The number of piperazine rings is 1. The van der Waals surface area contributed by atoms with Crippen molar-refractivity contribution in [3.05, 3.63) is 77.1 Å². The van der Waals surface area contributed by atoms with Crippen molar-refractivity contribution in [3.63, 3.8) is 0 Å². The first-order valence-corrected chi connectivity index (χ1v) is 13.9. The Morgan fingerprint density at radius 3 is 2.33 bits per heavy atom. The van der Waals surface area contributed by atoms with Gasteiger partial charge in [0.05, 0.1) is 19.0 Å². The number of amides is 2. The predicted octanol–water partition coefficient (Wildman–Crippen LogP) is 5.60. The van der Waals surface area contributed by atoms with Gasteiger partial charge in [-0.25, -0.2) is 9.50 Å². The number of aromatic nitrogens is 3. The van der Waals surface area contributed by atoms with Gasteiger partial charge in [0, 0.05) is 55.5 Å². The maximum atomic E-state index is 14.3. The maximum absolute atomic E-state index is 14.3. The van der Waals surface area contributed by atoms with Crippen molar-refractivity contribution in [1.82, 2.24) is 24.4 Å². The molecule has 0 bridgehead atoms. The Kier molecular flexibility index (Phi) is 8.15. The van der Waals surface area contributed by atoms with Gasteiger partial charge >= 0.3 is 6.18 Å². The zero-order valence-electron chi connectivity index (χ0n) is 24.6. The first-order chi connectivity index (χ1) is 20.4. The fourth-order valence-corrected chi connectivity index (χ4v) is 5.64. The van der Waals surface area contributed by atoms with Crippen LogP contribution in [0.15, 0.2) is 54.7 Å². The summed E-state index contributed by atoms with van der Waals surface area (Å²) in [7, 11) is 1.50. The number of carbonyl (C=O) groups is 2. The van der Waals surface area contributed by atoms with Gasteiger partial charge in [-0.15, -0.1) is 0 Å². The van der Waals surface area contributed by atoms with E-state index < -0.39 is 17.8 Å². The number of halogens is 3. The van der Waals surface area contributed by atoms with E-state index in [9.17, 15) is 22.8 Å². The summed E-state index contributed by atoms with van der Waals surface area (Å²) < 4.78 is 48.9. The number of hydrogen-bond acceptors (Lipinski definition) is 6. The van der Waals surface area contributed by atoms with Crippen molar-refractivity contribution in [2.45, 2.75) is 46.0 Å². The second-order valence-electron chi connectivity index (χ2n) is 10.8.